The SMILES string of the molecule is CCC.Fc1ccc(F)c(F)c1. The third kappa shape index (κ3) is 4.01. The minimum atomic E-state index is -1.16. The van der Waals surface area contributed by atoms with Crippen LogP contribution in [-0.4, -0.2) is 0 Å². The fourth-order valence-corrected chi connectivity index (χ4v) is 0.470. The fourth-order valence-electron chi connectivity index (χ4n) is 0.470. The topological polar surface area (TPSA) is 0 Å². The first-order valence-corrected chi connectivity index (χ1v) is 3.72. The van der Waals surface area contributed by atoms with Crippen molar-refractivity contribution in [3.8, 4) is 0 Å². The summed E-state index contributed by atoms with van der Waals surface area (Å²) in [5, 5.41) is 0. The van der Waals surface area contributed by atoms with Crippen molar-refractivity contribution in [3.05, 3.63) is 35.7 Å². The maximum absolute atomic E-state index is 12.0. The Kier molecular flexibility index (Phi) is 5.17. The predicted octanol–water partition coefficient (Wildman–Crippen LogP) is 3.52. The van der Waals surface area contributed by atoms with E-state index < -0.39 is 17.5 Å². The molecule has 0 nitrogen and oxygen atoms in total. The first-order chi connectivity index (χ1) is 5.61. The highest BCUT2D eigenvalue weighted by molar-refractivity contribution is 5.07. The number of benzene rings is 1. The molecule has 0 aliphatic carbocycles. The lowest BCUT2D eigenvalue weighted by molar-refractivity contribution is 0.495. The van der Waals surface area contributed by atoms with E-state index >= 15 is 0 Å². The van der Waals surface area contributed by atoms with Crippen LogP contribution in [0.15, 0.2) is 18.2 Å². The summed E-state index contributed by atoms with van der Waals surface area (Å²) in [4.78, 5) is 0. The number of hydrogen-bond donors (Lipinski definition) is 0. The minimum absolute atomic E-state index is 0.495. The molecule has 1 aromatic rings. The quantitative estimate of drug-likeness (QED) is 0.530. The van der Waals surface area contributed by atoms with E-state index in [0.29, 0.717) is 6.07 Å². The van der Waals surface area contributed by atoms with Gasteiger partial charge in [0.1, 0.15) is 5.82 Å². The van der Waals surface area contributed by atoms with Crippen molar-refractivity contribution < 1.29 is 13.2 Å². The Labute approximate surface area is 70.0 Å². The molecule has 0 aliphatic heterocycles. The highest BCUT2D eigenvalue weighted by Crippen LogP contribution is 2.05. The maximum Gasteiger partial charge on any atom is 0.161 e. The molecule has 0 saturated heterocycles. The predicted molar refractivity (Wildman–Crippen MR) is 42.3 cm³/mol. The molecule has 0 fully saturated rings. The van der Waals surface area contributed by atoms with Gasteiger partial charge in [-0.25, -0.2) is 13.2 Å². The van der Waals surface area contributed by atoms with E-state index in [0.717, 1.165) is 12.1 Å². The monoisotopic (exact) mass is 176 g/mol. The van der Waals surface area contributed by atoms with Gasteiger partial charge in [0.2, 0.25) is 0 Å². The Balaban J connectivity index is 0.000000354. The van der Waals surface area contributed by atoms with Crippen LogP contribution in [0.3, 0.4) is 0 Å². The molecule has 68 valence electrons. The van der Waals surface area contributed by atoms with Gasteiger partial charge in [-0.15, -0.1) is 0 Å². The second kappa shape index (κ2) is 5.63. The Morgan fingerprint density at radius 1 is 1.00 bits per heavy atom. The number of rotatable bonds is 0. The molecule has 1 aromatic carbocycles. The van der Waals surface area contributed by atoms with Crippen molar-refractivity contribution in [2.24, 2.45) is 0 Å². The van der Waals surface area contributed by atoms with Crippen LogP contribution in [0.2, 0.25) is 0 Å². The van der Waals surface area contributed by atoms with E-state index in [1.165, 1.54) is 6.42 Å². The van der Waals surface area contributed by atoms with Crippen LogP contribution >= 0.6 is 0 Å². The van der Waals surface area contributed by atoms with E-state index in [1.807, 2.05) is 0 Å². The lowest BCUT2D eigenvalue weighted by Crippen LogP contribution is -1.83. The summed E-state index contributed by atoms with van der Waals surface area (Å²) in [7, 11) is 0. The molecule has 12 heavy (non-hydrogen) atoms. The standard InChI is InChI=1S/C6H3F3.C3H8/c7-4-1-2-5(8)6(9)3-4;1-3-2/h1-3H;3H2,1-2H3. The number of hydrogen-bond acceptors (Lipinski definition) is 0. The molecule has 0 bridgehead atoms. The van der Waals surface area contributed by atoms with E-state index in [1.54, 1.807) is 0 Å². The van der Waals surface area contributed by atoms with E-state index in [2.05, 4.69) is 13.8 Å². The van der Waals surface area contributed by atoms with Gasteiger partial charge < -0.3 is 0 Å². The molecule has 0 amide bonds. The van der Waals surface area contributed by atoms with E-state index in [-0.39, 0.29) is 0 Å². The van der Waals surface area contributed by atoms with Gasteiger partial charge in [-0.2, -0.15) is 0 Å². The van der Waals surface area contributed by atoms with Crippen molar-refractivity contribution in [3.63, 3.8) is 0 Å². The van der Waals surface area contributed by atoms with Crippen molar-refractivity contribution >= 4 is 0 Å². The van der Waals surface area contributed by atoms with E-state index in [9.17, 15) is 13.2 Å². The molecule has 0 aromatic heterocycles. The summed E-state index contributed by atoms with van der Waals surface area (Å²) < 4.78 is 35.9. The minimum Gasteiger partial charge on any atom is -0.207 e. The third-order valence-corrected chi connectivity index (χ3v) is 0.882. The van der Waals surface area contributed by atoms with Crippen molar-refractivity contribution in [2.45, 2.75) is 20.3 Å². The summed E-state index contributed by atoms with van der Waals surface area (Å²) in [5.41, 5.74) is 0. The average Bonchev–Trinajstić information content (AvgIpc) is 1.99. The molecular weight excluding hydrogens is 165 g/mol. The highest BCUT2D eigenvalue weighted by atomic mass is 19.2. The van der Waals surface area contributed by atoms with Crippen LogP contribution in [0.4, 0.5) is 13.2 Å². The Morgan fingerprint density at radius 3 is 1.83 bits per heavy atom. The normalized spacial score (nSPS) is 8.75. The van der Waals surface area contributed by atoms with Crippen LogP contribution < -0.4 is 0 Å². The van der Waals surface area contributed by atoms with Crippen LogP contribution in [0.25, 0.3) is 0 Å². The summed E-state index contributed by atoms with van der Waals surface area (Å²) in [5.74, 6) is -2.96. The summed E-state index contributed by atoms with van der Waals surface area (Å²) in [6.07, 6.45) is 1.25. The van der Waals surface area contributed by atoms with Crippen LogP contribution in [-0.2, 0) is 0 Å². The van der Waals surface area contributed by atoms with Gasteiger partial charge in [-0.3, -0.25) is 0 Å². The average molecular weight is 176 g/mol. The highest BCUT2D eigenvalue weighted by Gasteiger charge is 1.99. The van der Waals surface area contributed by atoms with Crippen molar-refractivity contribution in [1.82, 2.24) is 0 Å². The molecule has 0 heterocycles. The van der Waals surface area contributed by atoms with Gasteiger partial charge in [-0.1, -0.05) is 20.3 Å². The van der Waals surface area contributed by atoms with Gasteiger partial charge in [-0.05, 0) is 12.1 Å². The maximum atomic E-state index is 12.0. The van der Waals surface area contributed by atoms with Gasteiger partial charge >= 0.3 is 0 Å². The molecule has 0 aliphatic rings. The third-order valence-electron chi connectivity index (χ3n) is 0.882. The zero-order chi connectivity index (χ0) is 9.56. The fraction of sp³-hybridized carbons (Fsp3) is 0.333. The van der Waals surface area contributed by atoms with Gasteiger partial charge in [0, 0.05) is 6.07 Å². The molecule has 0 atom stereocenters. The first-order valence-electron chi connectivity index (χ1n) is 3.72. The Morgan fingerprint density at radius 2 is 1.50 bits per heavy atom. The molecule has 0 radical (unpaired) electrons. The molecular formula is C9H11F3. The zero-order valence-electron chi connectivity index (χ0n) is 7.07. The van der Waals surface area contributed by atoms with Crippen LogP contribution in [0.5, 0.6) is 0 Å². The lowest BCUT2D eigenvalue weighted by atomic mass is 10.3. The Bertz CT molecular complexity index is 233. The largest absolute Gasteiger partial charge is 0.207 e. The first kappa shape index (κ1) is 11.0. The molecule has 1 rings (SSSR count). The summed E-state index contributed by atoms with van der Waals surface area (Å²) in [6.45, 7) is 4.25. The second-order valence-electron chi connectivity index (χ2n) is 2.27. The summed E-state index contributed by atoms with van der Waals surface area (Å²) >= 11 is 0. The Hall–Kier alpha value is -0.990. The second-order valence-corrected chi connectivity index (χ2v) is 2.27. The van der Waals surface area contributed by atoms with Crippen molar-refractivity contribution in [2.75, 3.05) is 0 Å². The van der Waals surface area contributed by atoms with Crippen molar-refractivity contribution in [1.29, 1.82) is 0 Å². The van der Waals surface area contributed by atoms with Crippen LogP contribution in [0, 0.1) is 17.5 Å². The molecule has 0 saturated carbocycles. The summed E-state index contributed by atoms with van der Waals surface area (Å²) in [6, 6.07) is 2.10. The molecule has 3 heteroatoms. The molecule has 0 N–H and O–H groups in total. The van der Waals surface area contributed by atoms with Crippen LogP contribution in [0.1, 0.15) is 20.3 Å². The van der Waals surface area contributed by atoms with E-state index in [4.69, 9.17) is 0 Å². The van der Waals surface area contributed by atoms with Gasteiger partial charge in [0.25, 0.3) is 0 Å². The molecule has 0 spiro atoms. The molecule has 0 unspecified atom stereocenters. The lowest BCUT2D eigenvalue weighted by Gasteiger charge is -1.88. The van der Waals surface area contributed by atoms with Gasteiger partial charge in [0.05, 0.1) is 0 Å². The number of halogens is 3. The smallest absolute Gasteiger partial charge is 0.161 e. The zero-order valence-corrected chi connectivity index (χ0v) is 7.07. The van der Waals surface area contributed by atoms with Gasteiger partial charge in [0.15, 0.2) is 11.6 Å².